The number of rotatable bonds is 6. The average molecular weight is 407 g/mol. The van der Waals surface area contributed by atoms with Gasteiger partial charge in [0.05, 0.1) is 10.5 Å². The zero-order valence-electron chi connectivity index (χ0n) is 13.1. The quantitative estimate of drug-likeness (QED) is 0.773. The van der Waals surface area contributed by atoms with Gasteiger partial charge < -0.3 is 5.73 Å². The van der Waals surface area contributed by atoms with Crippen molar-refractivity contribution >= 4 is 27.5 Å². The fraction of sp³-hybridized carbons (Fsp3) is 0.188. The van der Waals surface area contributed by atoms with Gasteiger partial charge in [-0.2, -0.15) is 17.9 Å². The number of alkyl halides is 3. The van der Waals surface area contributed by atoms with Gasteiger partial charge in [-0.05, 0) is 48.4 Å². The van der Waals surface area contributed by atoms with E-state index in [-0.39, 0.29) is 6.42 Å². The van der Waals surface area contributed by atoms with E-state index in [1.165, 1.54) is 0 Å². The maximum atomic E-state index is 12.6. The molecule has 1 amide bonds. The summed E-state index contributed by atoms with van der Waals surface area (Å²) in [5, 5.41) is 0.467. The predicted molar refractivity (Wildman–Crippen MR) is 89.9 cm³/mol. The number of primary amides is 1. The van der Waals surface area contributed by atoms with Crippen LogP contribution in [0.2, 0.25) is 5.02 Å². The van der Waals surface area contributed by atoms with Gasteiger partial charge in [-0.3, -0.25) is 4.79 Å². The van der Waals surface area contributed by atoms with E-state index >= 15 is 0 Å². The second-order valence-electron chi connectivity index (χ2n) is 5.43. The maximum Gasteiger partial charge on any atom is 0.416 e. The summed E-state index contributed by atoms with van der Waals surface area (Å²) in [5.41, 5.74) is 4.86. The molecular formula is C16H14ClF3N2O3S. The highest BCUT2D eigenvalue weighted by atomic mass is 35.5. The molecule has 2 aromatic carbocycles. The van der Waals surface area contributed by atoms with Crippen molar-refractivity contribution in [3.63, 3.8) is 0 Å². The summed E-state index contributed by atoms with van der Waals surface area (Å²) < 4.78 is 64.5. The zero-order chi connectivity index (χ0) is 19.5. The molecule has 0 aliphatic rings. The number of carbonyl (C=O) groups is 1. The lowest BCUT2D eigenvalue weighted by Crippen LogP contribution is -2.45. The molecule has 0 radical (unpaired) electrons. The molecule has 2 rings (SSSR count). The first-order valence-electron chi connectivity index (χ1n) is 7.22. The number of nitrogens with one attached hydrogen (secondary N) is 1. The van der Waals surface area contributed by atoms with Gasteiger partial charge >= 0.3 is 6.18 Å². The molecule has 0 heterocycles. The Morgan fingerprint density at radius 2 is 1.62 bits per heavy atom. The van der Waals surface area contributed by atoms with Crippen LogP contribution in [0.5, 0.6) is 0 Å². The van der Waals surface area contributed by atoms with Crippen LogP contribution in [0.1, 0.15) is 11.1 Å². The molecule has 0 spiro atoms. The Morgan fingerprint density at radius 3 is 2.08 bits per heavy atom. The molecule has 0 aliphatic heterocycles. The predicted octanol–water partition coefficient (Wildman–Crippen LogP) is 2.73. The third kappa shape index (κ3) is 5.20. The van der Waals surface area contributed by atoms with E-state index in [4.69, 9.17) is 17.3 Å². The van der Waals surface area contributed by atoms with Crippen molar-refractivity contribution in [2.45, 2.75) is 23.5 Å². The van der Waals surface area contributed by atoms with Crippen molar-refractivity contribution in [1.82, 2.24) is 4.72 Å². The largest absolute Gasteiger partial charge is 0.416 e. The minimum absolute atomic E-state index is 0.0354. The number of benzene rings is 2. The van der Waals surface area contributed by atoms with Crippen molar-refractivity contribution in [1.29, 1.82) is 0 Å². The van der Waals surface area contributed by atoms with Crippen LogP contribution in [0.4, 0.5) is 13.2 Å². The van der Waals surface area contributed by atoms with Crippen LogP contribution in [0.3, 0.4) is 0 Å². The molecular weight excluding hydrogens is 393 g/mol. The van der Waals surface area contributed by atoms with E-state index in [2.05, 4.69) is 4.72 Å². The van der Waals surface area contributed by atoms with Crippen LogP contribution in [-0.4, -0.2) is 20.4 Å². The van der Waals surface area contributed by atoms with Crippen molar-refractivity contribution in [3.8, 4) is 0 Å². The van der Waals surface area contributed by atoms with Gasteiger partial charge in [-0.15, -0.1) is 0 Å². The summed E-state index contributed by atoms with van der Waals surface area (Å²) >= 11 is 5.76. The van der Waals surface area contributed by atoms with Crippen molar-refractivity contribution < 1.29 is 26.4 Å². The molecule has 5 nitrogen and oxygen atoms in total. The van der Waals surface area contributed by atoms with E-state index in [9.17, 15) is 26.4 Å². The van der Waals surface area contributed by atoms with Crippen LogP contribution in [0.25, 0.3) is 0 Å². The van der Waals surface area contributed by atoms with E-state index in [0.717, 1.165) is 12.1 Å². The highest BCUT2D eigenvalue weighted by Crippen LogP contribution is 2.29. The van der Waals surface area contributed by atoms with Gasteiger partial charge in [0, 0.05) is 5.02 Å². The summed E-state index contributed by atoms with van der Waals surface area (Å²) in [6.07, 6.45) is -4.62. The first-order valence-corrected chi connectivity index (χ1v) is 9.08. The molecule has 1 atom stereocenters. The molecule has 3 N–H and O–H groups in total. The summed E-state index contributed by atoms with van der Waals surface area (Å²) in [5.74, 6) is -0.921. The fourth-order valence-corrected chi connectivity index (χ4v) is 3.47. The molecule has 0 aliphatic carbocycles. The minimum Gasteiger partial charge on any atom is -0.368 e. The Hall–Kier alpha value is -2.10. The number of hydrogen-bond donors (Lipinski definition) is 2. The van der Waals surface area contributed by atoms with Crippen LogP contribution in [0.15, 0.2) is 53.4 Å². The zero-order valence-corrected chi connectivity index (χ0v) is 14.7. The third-order valence-corrected chi connectivity index (χ3v) is 5.23. The van der Waals surface area contributed by atoms with Crippen LogP contribution in [-0.2, 0) is 27.4 Å². The standard InChI is InChI=1S/C16H14ClF3N2O3S/c17-12-5-1-10(2-6-12)9-14(15(21)23)22-26(24,25)13-7-3-11(4-8-13)16(18,19)20/h1-8,14,22H,9H2,(H2,21,23). The van der Waals surface area contributed by atoms with E-state index < -0.39 is 38.6 Å². The molecule has 26 heavy (non-hydrogen) atoms. The third-order valence-electron chi connectivity index (χ3n) is 3.49. The minimum atomic E-state index is -4.58. The van der Waals surface area contributed by atoms with Crippen molar-refractivity contribution in [2.24, 2.45) is 5.73 Å². The van der Waals surface area contributed by atoms with Gasteiger partial charge in [0.1, 0.15) is 6.04 Å². The molecule has 10 heteroatoms. The Bertz CT molecular complexity index is 882. The molecule has 0 fully saturated rings. The summed E-state index contributed by atoms with van der Waals surface area (Å²) in [7, 11) is -4.24. The molecule has 1 unspecified atom stereocenters. The lowest BCUT2D eigenvalue weighted by molar-refractivity contribution is -0.137. The smallest absolute Gasteiger partial charge is 0.368 e. The molecule has 0 saturated carbocycles. The van der Waals surface area contributed by atoms with Gasteiger partial charge in [0.15, 0.2) is 0 Å². The SMILES string of the molecule is NC(=O)C(Cc1ccc(Cl)cc1)NS(=O)(=O)c1ccc(C(F)(F)F)cc1. The van der Waals surface area contributed by atoms with Crippen LogP contribution >= 0.6 is 11.6 Å². The fourth-order valence-electron chi connectivity index (χ4n) is 2.13. The Morgan fingerprint density at radius 1 is 1.08 bits per heavy atom. The van der Waals surface area contributed by atoms with Gasteiger partial charge in [-0.1, -0.05) is 23.7 Å². The second kappa shape index (κ2) is 7.65. The summed E-state index contributed by atoms with van der Waals surface area (Å²) in [6.45, 7) is 0. The van der Waals surface area contributed by atoms with Gasteiger partial charge in [0.25, 0.3) is 0 Å². The second-order valence-corrected chi connectivity index (χ2v) is 7.58. The molecule has 140 valence electrons. The van der Waals surface area contributed by atoms with E-state index in [0.29, 0.717) is 22.7 Å². The summed E-state index contributed by atoms with van der Waals surface area (Å²) in [4.78, 5) is 11.2. The van der Waals surface area contributed by atoms with Gasteiger partial charge in [0.2, 0.25) is 15.9 Å². The monoisotopic (exact) mass is 406 g/mol. The maximum absolute atomic E-state index is 12.6. The highest BCUT2D eigenvalue weighted by molar-refractivity contribution is 7.89. The topological polar surface area (TPSA) is 89.3 Å². The number of carbonyl (C=O) groups excluding carboxylic acids is 1. The van der Waals surface area contributed by atoms with Crippen molar-refractivity contribution in [2.75, 3.05) is 0 Å². The number of amides is 1. The lowest BCUT2D eigenvalue weighted by atomic mass is 10.1. The molecule has 0 saturated heterocycles. The van der Waals surface area contributed by atoms with Crippen molar-refractivity contribution in [3.05, 3.63) is 64.7 Å². The van der Waals surface area contributed by atoms with E-state index in [1.807, 2.05) is 0 Å². The van der Waals surface area contributed by atoms with E-state index in [1.54, 1.807) is 24.3 Å². The average Bonchev–Trinajstić information content (AvgIpc) is 2.55. The van der Waals surface area contributed by atoms with Crippen LogP contribution < -0.4 is 10.5 Å². The normalized spacial score (nSPS) is 13.4. The van der Waals surface area contributed by atoms with Crippen LogP contribution in [0, 0.1) is 0 Å². The number of halogens is 4. The first-order chi connectivity index (χ1) is 12.0. The molecule has 0 bridgehead atoms. The summed E-state index contributed by atoms with van der Waals surface area (Å²) in [6, 6.07) is 7.98. The molecule has 0 aromatic heterocycles. The number of sulfonamides is 1. The Kier molecular flexibility index (Phi) is 5.94. The highest BCUT2D eigenvalue weighted by Gasteiger charge is 2.31. The lowest BCUT2D eigenvalue weighted by Gasteiger charge is -2.16. The first kappa shape index (κ1) is 20.2. The van der Waals surface area contributed by atoms with Gasteiger partial charge in [-0.25, -0.2) is 8.42 Å². The number of nitrogens with two attached hydrogens (primary N) is 1. The Balaban J connectivity index is 2.21. The Labute approximate surface area is 153 Å². The molecule has 2 aromatic rings. The number of hydrogen-bond acceptors (Lipinski definition) is 3.